The Morgan fingerprint density at radius 1 is 1.44 bits per heavy atom. The molecule has 0 amide bonds. The summed E-state index contributed by atoms with van der Waals surface area (Å²) >= 11 is 0. The highest BCUT2D eigenvalue weighted by molar-refractivity contribution is 5.73. The lowest BCUT2D eigenvalue weighted by Gasteiger charge is -2.19. The Bertz CT molecular complexity index is 411. The molecule has 1 aromatic heterocycles. The Balaban J connectivity index is 1.91. The zero-order chi connectivity index (χ0) is 11.0. The molecule has 2 aliphatic rings. The molecule has 16 heavy (non-hydrogen) atoms. The molecule has 0 radical (unpaired) electrons. The molecule has 1 aliphatic heterocycles. The van der Waals surface area contributed by atoms with Gasteiger partial charge >= 0.3 is 5.97 Å². The van der Waals surface area contributed by atoms with Gasteiger partial charge in [0.1, 0.15) is 0 Å². The third-order valence-corrected chi connectivity index (χ3v) is 3.48. The summed E-state index contributed by atoms with van der Waals surface area (Å²) in [5, 5.41) is 4.57. The molecular formula is C12H16N2O2. The predicted octanol–water partition coefficient (Wildman–Crippen LogP) is 1.33. The summed E-state index contributed by atoms with van der Waals surface area (Å²) in [6.07, 6.45) is 6.70. The standard InChI is InChI=1S/C12H16N2O2/c15-12-9-3-4-11-10(7-9)8-14(13-11)5-1-2-6-16-12/h8-9H,1-7H2. The topological polar surface area (TPSA) is 44.1 Å². The Hall–Kier alpha value is -1.32. The fourth-order valence-corrected chi connectivity index (χ4v) is 2.54. The third kappa shape index (κ3) is 1.72. The van der Waals surface area contributed by atoms with Crippen molar-refractivity contribution in [2.45, 2.75) is 38.6 Å². The van der Waals surface area contributed by atoms with Crippen molar-refractivity contribution < 1.29 is 9.53 Å². The van der Waals surface area contributed by atoms with Crippen LogP contribution in [0.15, 0.2) is 6.20 Å². The van der Waals surface area contributed by atoms with E-state index in [-0.39, 0.29) is 11.9 Å². The van der Waals surface area contributed by atoms with Crippen LogP contribution >= 0.6 is 0 Å². The fourth-order valence-electron chi connectivity index (χ4n) is 2.54. The van der Waals surface area contributed by atoms with E-state index in [2.05, 4.69) is 11.3 Å². The summed E-state index contributed by atoms with van der Waals surface area (Å²) in [5.74, 6) is 0.0450. The van der Waals surface area contributed by atoms with Gasteiger partial charge in [0.05, 0.1) is 18.2 Å². The number of rotatable bonds is 0. The zero-order valence-electron chi connectivity index (χ0n) is 9.32. The summed E-state index contributed by atoms with van der Waals surface area (Å²) in [6, 6.07) is 0. The Labute approximate surface area is 94.6 Å². The minimum absolute atomic E-state index is 0.0136. The number of aromatic nitrogens is 2. The molecule has 0 fully saturated rings. The van der Waals surface area contributed by atoms with Gasteiger partial charge in [0.15, 0.2) is 0 Å². The summed E-state index contributed by atoms with van der Waals surface area (Å²) in [4.78, 5) is 11.8. The zero-order valence-corrected chi connectivity index (χ0v) is 9.32. The summed E-state index contributed by atoms with van der Waals surface area (Å²) in [6.45, 7) is 1.50. The van der Waals surface area contributed by atoms with E-state index in [9.17, 15) is 4.79 Å². The maximum atomic E-state index is 11.8. The van der Waals surface area contributed by atoms with E-state index in [1.165, 1.54) is 11.3 Å². The van der Waals surface area contributed by atoms with Crippen LogP contribution in [0.4, 0.5) is 0 Å². The molecule has 4 heteroatoms. The molecule has 86 valence electrons. The fraction of sp³-hybridized carbons (Fsp3) is 0.667. The molecule has 2 heterocycles. The van der Waals surface area contributed by atoms with Crippen LogP contribution in [0.2, 0.25) is 0 Å². The molecule has 0 saturated heterocycles. The largest absolute Gasteiger partial charge is 0.465 e. The van der Waals surface area contributed by atoms with Gasteiger partial charge in [-0.1, -0.05) is 0 Å². The van der Waals surface area contributed by atoms with Crippen molar-refractivity contribution in [2.75, 3.05) is 6.61 Å². The number of fused-ring (bicyclic) bond motifs is 2. The van der Waals surface area contributed by atoms with E-state index in [0.29, 0.717) is 6.61 Å². The number of carbonyl (C=O) groups excluding carboxylic acids is 1. The van der Waals surface area contributed by atoms with Crippen LogP contribution in [0.1, 0.15) is 30.5 Å². The van der Waals surface area contributed by atoms with Gasteiger partial charge in [-0.15, -0.1) is 0 Å². The van der Waals surface area contributed by atoms with E-state index in [4.69, 9.17) is 4.74 Å². The lowest BCUT2D eigenvalue weighted by Crippen LogP contribution is -2.24. The summed E-state index contributed by atoms with van der Waals surface area (Å²) < 4.78 is 7.32. The van der Waals surface area contributed by atoms with Crippen molar-refractivity contribution >= 4 is 5.97 Å². The predicted molar refractivity (Wildman–Crippen MR) is 57.9 cm³/mol. The number of esters is 1. The second-order valence-electron chi connectivity index (χ2n) is 4.68. The van der Waals surface area contributed by atoms with Gasteiger partial charge in [-0.05, 0) is 37.7 Å². The highest BCUT2D eigenvalue weighted by atomic mass is 16.5. The molecule has 4 nitrogen and oxygen atoms in total. The molecule has 0 saturated carbocycles. The smallest absolute Gasteiger partial charge is 0.309 e. The molecule has 0 spiro atoms. The normalized spacial score (nSPS) is 25.0. The van der Waals surface area contributed by atoms with Crippen LogP contribution in [0.5, 0.6) is 0 Å². The van der Waals surface area contributed by atoms with Crippen molar-refractivity contribution in [2.24, 2.45) is 5.92 Å². The molecule has 0 aromatic carbocycles. The third-order valence-electron chi connectivity index (χ3n) is 3.48. The van der Waals surface area contributed by atoms with E-state index in [1.54, 1.807) is 0 Å². The lowest BCUT2D eigenvalue weighted by molar-refractivity contribution is -0.149. The number of cyclic esters (lactones) is 1. The molecule has 3 rings (SSSR count). The Morgan fingerprint density at radius 3 is 3.31 bits per heavy atom. The van der Waals surface area contributed by atoms with Gasteiger partial charge in [-0.3, -0.25) is 9.48 Å². The SMILES string of the molecule is O=C1OCCCCn2cc3c(n2)CCC1C3. The molecule has 1 unspecified atom stereocenters. The number of aryl methyl sites for hydroxylation is 2. The first kappa shape index (κ1) is 9.87. The molecule has 0 N–H and O–H groups in total. The van der Waals surface area contributed by atoms with E-state index in [0.717, 1.165) is 38.6 Å². The number of ether oxygens (including phenoxy) is 1. The minimum Gasteiger partial charge on any atom is -0.465 e. The number of hydrogen-bond acceptors (Lipinski definition) is 3. The number of nitrogens with zero attached hydrogens (tertiary/aromatic N) is 2. The second kappa shape index (κ2) is 3.92. The molecule has 1 aromatic rings. The van der Waals surface area contributed by atoms with Crippen molar-refractivity contribution in [3.63, 3.8) is 0 Å². The minimum atomic E-state index is -0.0136. The van der Waals surface area contributed by atoms with Crippen LogP contribution in [0.25, 0.3) is 0 Å². The van der Waals surface area contributed by atoms with Gasteiger partial charge in [0, 0.05) is 12.7 Å². The summed E-state index contributed by atoms with van der Waals surface area (Å²) in [5.41, 5.74) is 2.43. The monoisotopic (exact) mass is 220 g/mol. The van der Waals surface area contributed by atoms with Crippen LogP contribution in [0.3, 0.4) is 0 Å². The van der Waals surface area contributed by atoms with Gasteiger partial charge in [-0.2, -0.15) is 5.10 Å². The van der Waals surface area contributed by atoms with E-state index >= 15 is 0 Å². The highest BCUT2D eigenvalue weighted by Gasteiger charge is 2.28. The van der Waals surface area contributed by atoms with Crippen molar-refractivity contribution in [3.05, 3.63) is 17.5 Å². The number of hydrogen-bond donors (Lipinski definition) is 0. The number of carbonyl (C=O) groups is 1. The van der Waals surface area contributed by atoms with Crippen LogP contribution < -0.4 is 0 Å². The molecule has 1 aliphatic carbocycles. The van der Waals surface area contributed by atoms with Crippen molar-refractivity contribution in [1.29, 1.82) is 0 Å². The van der Waals surface area contributed by atoms with Crippen LogP contribution in [-0.2, 0) is 28.9 Å². The van der Waals surface area contributed by atoms with E-state index in [1.807, 2.05) is 4.68 Å². The highest BCUT2D eigenvalue weighted by Crippen LogP contribution is 2.26. The van der Waals surface area contributed by atoms with Crippen LogP contribution in [0, 0.1) is 5.92 Å². The van der Waals surface area contributed by atoms with Gasteiger partial charge < -0.3 is 4.74 Å². The first-order valence-corrected chi connectivity index (χ1v) is 6.05. The second-order valence-corrected chi connectivity index (χ2v) is 4.68. The van der Waals surface area contributed by atoms with Crippen LogP contribution in [-0.4, -0.2) is 22.4 Å². The van der Waals surface area contributed by atoms with Gasteiger partial charge in [0.2, 0.25) is 0 Å². The average molecular weight is 220 g/mol. The van der Waals surface area contributed by atoms with Gasteiger partial charge in [-0.25, -0.2) is 0 Å². The quantitative estimate of drug-likeness (QED) is 0.619. The Kier molecular flexibility index (Phi) is 2.42. The molecule has 1 atom stereocenters. The lowest BCUT2D eigenvalue weighted by atomic mass is 9.88. The van der Waals surface area contributed by atoms with Crippen molar-refractivity contribution in [3.8, 4) is 0 Å². The Morgan fingerprint density at radius 2 is 2.38 bits per heavy atom. The average Bonchev–Trinajstić information content (AvgIpc) is 2.67. The van der Waals surface area contributed by atoms with Gasteiger partial charge in [0.25, 0.3) is 0 Å². The first-order chi connectivity index (χ1) is 7.83. The molecular weight excluding hydrogens is 204 g/mol. The first-order valence-electron chi connectivity index (χ1n) is 6.05. The van der Waals surface area contributed by atoms with Crippen molar-refractivity contribution in [1.82, 2.24) is 9.78 Å². The summed E-state index contributed by atoms with van der Waals surface area (Å²) in [7, 11) is 0. The molecule has 3 bridgehead atoms. The maximum absolute atomic E-state index is 11.8. The van der Waals surface area contributed by atoms with E-state index < -0.39 is 0 Å². The maximum Gasteiger partial charge on any atom is 0.309 e.